The second kappa shape index (κ2) is 10.3. The molecule has 1 atom stereocenters. The lowest BCUT2D eigenvalue weighted by atomic mass is 9.83. The quantitative estimate of drug-likeness (QED) is 0.635. The second-order valence-electron chi connectivity index (χ2n) is 7.28. The van der Waals surface area contributed by atoms with Crippen molar-refractivity contribution in [1.29, 1.82) is 0 Å². The molecule has 1 unspecified atom stereocenters. The molecule has 0 amide bonds. The molecule has 1 aliphatic rings. The molecule has 1 aromatic carbocycles. The SMILES string of the molecule is CCOC(=O)Cn1nnnc1C(NCc1cccc(CN)c1)C1CCCCC1. The van der Waals surface area contributed by atoms with Crippen molar-refractivity contribution < 1.29 is 9.53 Å². The van der Waals surface area contributed by atoms with Crippen molar-refractivity contribution in [2.45, 2.75) is 64.7 Å². The first-order valence-corrected chi connectivity index (χ1v) is 10.1. The fraction of sp³-hybridized carbons (Fsp3) is 0.600. The fourth-order valence-electron chi connectivity index (χ4n) is 3.91. The lowest BCUT2D eigenvalue weighted by Crippen LogP contribution is -2.33. The lowest BCUT2D eigenvalue weighted by molar-refractivity contribution is -0.144. The summed E-state index contributed by atoms with van der Waals surface area (Å²) in [6.07, 6.45) is 5.96. The Balaban J connectivity index is 1.77. The van der Waals surface area contributed by atoms with Crippen LogP contribution in [0.3, 0.4) is 0 Å². The maximum Gasteiger partial charge on any atom is 0.327 e. The van der Waals surface area contributed by atoms with Gasteiger partial charge in [0.15, 0.2) is 5.82 Å². The third kappa shape index (κ3) is 5.36. The number of carbonyl (C=O) groups is 1. The van der Waals surface area contributed by atoms with E-state index in [0.717, 1.165) is 18.4 Å². The van der Waals surface area contributed by atoms with E-state index in [0.29, 0.717) is 31.4 Å². The first kappa shape index (κ1) is 20.4. The average Bonchev–Trinajstić information content (AvgIpc) is 3.17. The minimum atomic E-state index is -0.325. The topological polar surface area (TPSA) is 108 Å². The molecule has 0 saturated heterocycles. The van der Waals surface area contributed by atoms with Crippen LogP contribution in [0.15, 0.2) is 24.3 Å². The number of rotatable bonds is 9. The summed E-state index contributed by atoms with van der Waals surface area (Å²) in [6.45, 7) is 3.39. The Morgan fingerprint density at radius 3 is 2.86 bits per heavy atom. The second-order valence-corrected chi connectivity index (χ2v) is 7.28. The number of tetrazole rings is 1. The highest BCUT2D eigenvalue weighted by Crippen LogP contribution is 2.33. The molecular formula is C20H30N6O2. The number of ether oxygens (including phenoxy) is 1. The summed E-state index contributed by atoms with van der Waals surface area (Å²) in [5.74, 6) is 0.822. The molecule has 1 fully saturated rings. The van der Waals surface area contributed by atoms with Gasteiger partial charge in [-0.05, 0) is 47.2 Å². The van der Waals surface area contributed by atoms with Crippen LogP contribution in [0.5, 0.6) is 0 Å². The fourth-order valence-corrected chi connectivity index (χ4v) is 3.91. The van der Waals surface area contributed by atoms with Crippen molar-refractivity contribution in [2.24, 2.45) is 11.7 Å². The third-order valence-corrected chi connectivity index (χ3v) is 5.30. The monoisotopic (exact) mass is 386 g/mol. The summed E-state index contributed by atoms with van der Waals surface area (Å²) in [6, 6.07) is 8.26. The normalized spacial score (nSPS) is 16.1. The van der Waals surface area contributed by atoms with Gasteiger partial charge in [-0.3, -0.25) is 4.79 Å². The average molecular weight is 387 g/mol. The van der Waals surface area contributed by atoms with Crippen LogP contribution >= 0.6 is 0 Å². The highest BCUT2D eigenvalue weighted by atomic mass is 16.5. The zero-order chi connectivity index (χ0) is 19.8. The van der Waals surface area contributed by atoms with Crippen LogP contribution in [0.4, 0.5) is 0 Å². The van der Waals surface area contributed by atoms with Crippen LogP contribution in [-0.4, -0.2) is 32.8 Å². The third-order valence-electron chi connectivity index (χ3n) is 5.30. The molecular weight excluding hydrogens is 356 g/mol. The van der Waals surface area contributed by atoms with Gasteiger partial charge in [0, 0.05) is 13.1 Å². The first-order valence-electron chi connectivity index (χ1n) is 10.1. The molecule has 8 heteroatoms. The number of hydrogen-bond donors (Lipinski definition) is 2. The Bertz CT molecular complexity index is 757. The van der Waals surface area contributed by atoms with Crippen LogP contribution in [0.2, 0.25) is 0 Å². The molecule has 1 heterocycles. The molecule has 2 aromatic rings. The minimum Gasteiger partial charge on any atom is -0.465 e. The Morgan fingerprint density at radius 2 is 2.11 bits per heavy atom. The summed E-state index contributed by atoms with van der Waals surface area (Å²) in [4.78, 5) is 11.9. The van der Waals surface area contributed by atoms with Gasteiger partial charge in [0.25, 0.3) is 0 Å². The van der Waals surface area contributed by atoms with Gasteiger partial charge in [-0.15, -0.1) is 5.10 Å². The maximum atomic E-state index is 11.9. The Labute approximate surface area is 165 Å². The summed E-state index contributed by atoms with van der Waals surface area (Å²) in [7, 11) is 0. The predicted octanol–water partition coefficient (Wildman–Crippen LogP) is 2.11. The number of aromatic nitrogens is 4. The Hall–Kier alpha value is -2.32. The van der Waals surface area contributed by atoms with Gasteiger partial charge < -0.3 is 15.8 Å². The van der Waals surface area contributed by atoms with Gasteiger partial charge in [0.1, 0.15) is 6.54 Å². The Kier molecular flexibility index (Phi) is 7.50. The van der Waals surface area contributed by atoms with Crippen molar-refractivity contribution in [2.75, 3.05) is 6.61 Å². The van der Waals surface area contributed by atoms with E-state index in [1.54, 1.807) is 11.6 Å². The summed E-state index contributed by atoms with van der Waals surface area (Å²) >= 11 is 0. The first-order chi connectivity index (χ1) is 13.7. The van der Waals surface area contributed by atoms with Crippen molar-refractivity contribution >= 4 is 5.97 Å². The van der Waals surface area contributed by atoms with Crippen LogP contribution in [-0.2, 0) is 29.2 Å². The van der Waals surface area contributed by atoms with Crippen molar-refractivity contribution in [3.05, 3.63) is 41.2 Å². The number of nitrogens with zero attached hydrogens (tertiary/aromatic N) is 4. The predicted molar refractivity (Wildman–Crippen MR) is 105 cm³/mol. The van der Waals surface area contributed by atoms with E-state index >= 15 is 0 Å². The highest BCUT2D eigenvalue weighted by molar-refractivity contribution is 5.69. The largest absolute Gasteiger partial charge is 0.465 e. The molecule has 0 aliphatic heterocycles. The van der Waals surface area contributed by atoms with Gasteiger partial charge in [0.05, 0.1) is 12.6 Å². The number of nitrogens with one attached hydrogen (secondary N) is 1. The number of carbonyl (C=O) groups excluding carboxylic acids is 1. The smallest absolute Gasteiger partial charge is 0.327 e. The van der Waals surface area contributed by atoms with Crippen molar-refractivity contribution in [1.82, 2.24) is 25.5 Å². The van der Waals surface area contributed by atoms with Gasteiger partial charge >= 0.3 is 5.97 Å². The molecule has 1 aliphatic carbocycles. The van der Waals surface area contributed by atoms with E-state index in [1.807, 2.05) is 12.1 Å². The van der Waals surface area contributed by atoms with Crippen LogP contribution < -0.4 is 11.1 Å². The summed E-state index contributed by atoms with van der Waals surface area (Å²) < 4.78 is 6.63. The maximum absolute atomic E-state index is 11.9. The van der Waals surface area contributed by atoms with E-state index < -0.39 is 0 Å². The molecule has 1 aromatic heterocycles. The van der Waals surface area contributed by atoms with E-state index in [1.165, 1.54) is 24.8 Å². The minimum absolute atomic E-state index is 0.00809. The lowest BCUT2D eigenvalue weighted by Gasteiger charge is -2.30. The molecule has 28 heavy (non-hydrogen) atoms. The number of benzene rings is 1. The number of hydrogen-bond acceptors (Lipinski definition) is 7. The molecule has 3 N–H and O–H groups in total. The number of esters is 1. The molecule has 3 rings (SSSR count). The molecule has 0 spiro atoms. The molecule has 1 saturated carbocycles. The van der Waals surface area contributed by atoms with Gasteiger partial charge in [0.2, 0.25) is 0 Å². The molecule has 0 bridgehead atoms. The highest BCUT2D eigenvalue weighted by Gasteiger charge is 2.29. The van der Waals surface area contributed by atoms with Crippen LogP contribution in [0, 0.1) is 5.92 Å². The molecule has 0 radical (unpaired) electrons. The van der Waals surface area contributed by atoms with Gasteiger partial charge in [-0.1, -0.05) is 43.5 Å². The van der Waals surface area contributed by atoms with E-state index in [9.17, 15) is 4.79 Å². The van der Waals surface area contributed by atoms with Crippen LogP contribution in [0.25, 0.3) is 0 Å². The summed E-state index contributed by atoms with van der Waals surface area (Å²) in [5.41, 5.74) is 8.05. The zero-order valence-electron chi connectivity index (χ0n) is 16.5. The summed E-state index contributed by atoms with van der Waals surface area (Å²) in [5, 5.41) is 15.8. The van der Waals surface area contributed by atoms with E-state index in [-0.39, 0.29) is 18.6 Å². The van der Waals surface area contributed by atoms with Gasteiger partial charge in [-0.2, -0.15) is 0 Å². The van der Waals surface area contributed by atoms with E-state index in [2.05, 4.69) is 33.0 Å². The Morgan fingerprint density at radius 1 is 1.32 bits per heavy atom. The standard InChI is InChI=1S/C20H30N6O2/c1-2-28-18(27)14-26-20(23-24-25-26)19(17-9-4-3-5-10-17)22-13-16-8-6-7-15(11-16)12-21/h6-8,11,17,19,22H,2-5,9-10,12-14,21H2,1H3. The molecule has 8 nitrogen and oxygen atoms in total. The van der Waals surface area contributed by atoms with Crippen molar-refractivity contribution in [3.63, 3.8) is 0 Å². The van der Waals surface area contributed by atoms with E-state index in [4.69, 9.17) is 10.5 Å². The number of nitrogens with two attached hydrogens (primary N) is 1. The molecule has 152 valence electrons. The van der Waals surface area contributed by atoms with Crippen LogP contribution in [0.1, 0.15) is 62.0 Å². The zero-order valence-corrected chi connectivity index (χ0v) is 16.5. The van der Waals surface area contributed by atoms with Gasteiger partial charge in [-0.25, -0.2) is 4.68 Å². The van der Waals surface area contributed by atoms with Crippen molar-refractivity contribution in [3.8, 4) is 0 Å².